The highest BCUT2D eigenvalue weighted by Crippen LogP contribution is 2.19. The van der Waals surface area contributed by atoms with Gasteiger partial charge in [-0.1, -0.05) is 79.7 Å². The second kappa shape index (κ2) is 13.7. The minimum Gasteiger partial charge on any atom is -0.352 e. The number of nitrogens with zero attached hydrogens (tertiary/aromatic N) is 1. The van der Waals surface area contributed by atoms with Crippen LogP contribution in [0.3, 0.4) is 0 Å². The van der Waals surface area contributed by atoms with Crippen molar-refractivity contribution in [1.29, 1.82) is 0 Å². The molecule has 0 saturated carbocycles. The van der Waals surface area contributed by atoms with Crippen LogP contribution in [0.15, 0.2) is 84.9 Å². The summed E-state index contributed by atoms with van der Waals surface area (Å²) in [6.45, 7) is 4.20. The van der Waals surface area contributed by atoms with Gasteiger partial charge in [0.1, 0.15) is 11.9 Å². The summed E-state index contributed by atoms with van der Waals surface area (Å²) in [4.78, 5) is 28.6. The predicted octanol–water partition coefficient (Wildman–Crippen LogP) is 5.61. The van der Waals surface area contributed by atoms with Gasteiger partial charge in [0.05, 0.1) is 5.75 Å². The number of amides is 2. The van der Waals surface area contributed by atoms with Gasteiger partial charge >= 0.3 is 0 Å². The Morgan fingerprint density at radius 1 is 0.886 bits per heavy atom. The van der Waals surface area contributed by atoms with Crippen molar-refractivity contribution in [2.45, 2.75) is 51.1 Å². The van der Waals surface area contributed by atoms with Gasteiger partial charge in [0.15, 0.2) is 0 Å². The Bertz CT molecular complexity index is 1060. The third kappa shape index (κ3) is 8.55. The second-order valence-corrected chi connectivity index (χ2v) is 9.64. The lowest BCUT2D eigenvalue weighted by atomic mass is 10.0. The Kier molecular flexibility index (Phi) is 10.4. The predicted molar refractivity (Wildman–Crippen MR) is 141 cm³/mol. The summed E-state index contributed by atoms with van der Waals surface area (Å²) in [5.41, 5.74) is 2.90. The minimum atomic E-state index is -0.679. The molecular weight excluding hydrogens is 459 g/mol. The van der Waals surface area contributed by atoms with E-state index in [0.717, 1.165) is 23.1 Å². The van der Waals surface area contributed by atoms with Crippen LogP contribution in [0.2, 0.25) is 0 Å². The molecule has 4 nitrogen and oxygen atoms in total. The van der Waals surface area contributed by atoms with E-state index in [1.807, 2.05) is 74.5 Å². The summed E-state index contributed by atoms with van der Waals surface area (Å²) in [5.74, 6) is 0.333. The molecule has 0 fully saturated rings. The molecule has 0 spiro atoms. The van der Waals surface area contributed by atoms with E-state index in [1.54, 1.807) is 17.0 Å². The smallest absolute Gasteiger partial charge is 0.243 e. The first-order valence-corrected chi connectivity index (χ1v) is 13.1. The van der Waals surface area contributed by atoms with E-state index >= 15 is 0 Å². The second-order valence-electron chi connectivity index (χ2n) is 8.65. The maximum Gasteiger partial charge on any atom is 0.243 e. The van der Waals surface area contributed by atoms with Gasteiger partial charge in [0.25, 0.3) is 0 Å². The van der Waals surface area contributed by atoms with Crippen LogP contribution in [0.1, 0.15) is 37.0 Å². The lowest BCUT2D eigenvalue weighted by molar-refractivity contribution is -0.139. The van der Waals surface area contributed by atoms with E-state index in [4.69, 9.17) is 0 Å². The molecule has 0 radical (unpaired) electrons. The topological polar surface area (TPSA) is 49.4 Å². The number of carbonyl (C=O) groups excluding carboxylic acids is 2. The molecule has 0 heterocycles. The van der Waals surface area contributed by atoms with Gasteiger partial charge in [0, 0.05) is 24.8 Å². The number of hydrogen-bond acceptors (Lipinski definition) is 3. The molecule has 2 unspecified atom stereocenters. The molecule has 0 aliphatic carbocycles. The number of carbonyl (C=O) groups is 2. The molecule has 0 aliphatic rings. The van der Waals surface area contributed by atoms with Crippen LogP contribution >= 0.6 is 11.8 Å². The standard InChI is InChI=1S/C29H33FN2O2S/c1-3-22(2)31-29(34)27(18-23-10-6-4-7-11-23)32(19-24-14-16-26(30)17-15-24)28(33)21-35-20-25-12-8-5-9-13-25/h4-17,22,27H,3,18-21H2,1-2H3,(H,31,34). The molecule has 35 heavy (non-hydrogen) atoms. The summed E-state index contributed by atoms with van der Waals surface area (Å²) in [6.07, 6.45) is 1.20. The van der Waals surface area contributed by atoms with Crippen molar-refractivity contribution in [1.82, 2.24) is 10.2 Å². The highest BCUT2D eigenvalue weighted by Gasteiger charge is 2.30. The van der Waals surface area contributed by atoms with Crippen LogP contribution in [-0.4, -0.2) is 34.6 Å². The van der Waals surface area contributed by atoms with Gasteiger partial charge < -0.3 is 10.2 Å². The van der Waals surface area contributed by atoms with Gasteiger partial charge in [0.2, 0.25) is 11.8 Å². The highest BCUT2D eigenvalue weighted by atomic mass is 32.2. The fraction of sp³-hybridized carbons (Fsp3) is 0.310. The molecule has 2 amide bonds. The average Bonchev–Trinajstić information content (AvgIpc) is 2.88. The molecular formula is C29H33FN2O2S. The summed E-state index contributed by atoms with van der Waals surface area (Å²) >= 11 is 1.53. The van der Waals surface area contributed by atoms with E-state index in [9.17, 15) is 14.0 Å². The lowest BCUT2D eigenvalue weighted by Gasteiger charge is -2.32. The number of benzene rings is 3. The van der Waals surface area contributed by atoms with Gasteiger partial charge in [-0.15, -0.1) is 11.8 Å². The number of rotatable bonds is 12. The molecule has 3 aromatic carbocycles. The van der Waals surface area contributed by atoms with Crippen molar-refractivity contribution >= 4 is 23.6 Å². The summed E-state index contributed by atoms with van der Waals surface area (Å²) in [6, 6.07) is 25.1. The molecule has 3 rings (SSSR count). The zero-order valence-corrected chi connectivity index (χ0v) is 21.1. The van der Waals surface area contributed by atoms with Gasteiger partial charge in [-0.3, -0.25) is 9.59 Å². The molecule has 0 aliphatic heterocycles. The van der Waals surface area contributed by atoms with Gasteiger partial charge in [-0.25, -0.2) is 4.39 Å². The van der Waals surface area contributed by atoms with Crippen molar-refractivity contribution in [3.63, 3.8) is 0 Å². The molecule has 184 valence electrons. The zero-order valence-electron chi connectivity index (χ0n) is 20.3. The fourth-order valence-electron chi connectivity index (χ4n) is 3.69. The van der Waals surface area contributed by atoms with E-state index in [-0.39, 0.29) is 36.0 Å². The first kappa shape index (κ1) is 26.5. The maximum atomic E-state index is 13.5. The molecule has 3 aromatic rings. The quantitative estimate of drug-likeness (QED) is 0.357. The molecule has 0 aromatic heterocycles. The van der Waals surface area contributed by atoms with Gasteiger partial charge in [-0.05, 0) is 42.2 Å². The highest BCUT2D eigenvalue weighted by molar-refractivity contribution is 7.99. The number of thioether (sulfide) groups is 1. The maximum absolute atomic E-state index is 13.5. The van der Waals surface area contributed by atoms with Crippen molar-refractivity contribution in [2.24, 2.45) is 0 Å². The van der Waals surface area contributed by atoms with Gasteiger partial charge in [-0.2, -0.15) is 0 Å². The van der Waals surface area contributed by atoms with Crippen molar-refractivity contribution < 1.29 is 14.0 Å². The minimum absolute atomic E-state index is 0.00370. The van der Waals surface area contributed by atoms with E-state index in [1.165, 1.54) is 23.9 Å². The normalized spacial score (nSPS) is 12.5. The fourth-order valence-corrected chi connectivity index (χ4v) is 4.57. The van der Waals surface area contributed by atoms with Crippen LogP contribution in [0.5, 0.6) is 0 Å². The Labute approximate surface area is 211 Å². The van der Waals surface area contributed by atoms with Crippen LogP contribution in [0.4, 0.5) is 4.39 Å². The molecule has 0 saturated heterocycles. The third-order valence-corrected chi connectivity index (χ3v) is 6.86. The molecule has 0 bridgehead atoms. The summed E-state index contributed by atoms with van der Waals surface area (Å²) in [7, 11) is 0. The van der Waals surface area contributed by atoms with Crippen LogP contribution < -0.4 is 5.32 Å². The van der Waals surface area contributed by atoms with Crippen molar-refractivity contribution in [3.8, 4) is 0 Å². The first-order valence-electron chi connectivity index (χ1n) is 12.0. The number of hydrogen-bond donors (Lipinski definition) is 1. The number of nitrogens with one attached hydrogen (secondary N) is 1. The number of halogens is 1. The average molecular weight is 493 g/mol. The Morgan fingerprint density at radius 2 is 1.49 bits per heavy atom. The Morgan fingerprint density at radius 3 is 2.09 bits per heavy atom. The van der Waals surface area contributed by atoms with E-state index < -0.39 is 6.04 Å². The van der Waals surface area contributed by atoms with E-state index in [2.05, 4.69) is 5.32 Å². The Hall–Kier alpha value is -3.12. The molecule has 6 heteroatoms. The summed E-state index contributed by atoms with van der Waals surface area (Å²) < 4.78 is 13.5. The summed E-state index contributed by atoms with van der Waals surface area (Å²) in [5, 5.41) is 3.06. The molecule has 2 atom stereocenters. The SMILES string of the molecule is CCC(C)NC(=O)C(Cc1ccccc1)N(Cc1ccc(F)cc1)C(=O)CSCc1ccccc1. The lowest BCUT2D eigenvalue weighted by Crippen LogP contribution is -2.52. The third-order valence-electron chi connectivity index (χ3n) is 5.88. The van der Waals surface area contributed by atoms with Crippen LogP contribution in [-0.2, 0) is 28.3 Å². The largest absolute Gasteiger partial charge is 0.352 e. The van der Waals surface area contributed by atoms with Crippen molar-refractivity contribution in [2.75, 3.05) is 5.75 Å². The van der Waals surface area contributed by atoms with Crippen LogP contribution in [0.25, 0.3) is 0 Å². The monoisotopic (exact) mass is 492 g/mol. The zero-order chi connectivity index (χ0) is 25.0. The van der Waals surface area contributed by atoms with Crippen LogP contribution in [0, 0.1) is 5.82 Å². The molecule has 1 N–H and O–H groups in total. The Balaban J connectivity index is 1.85. The first-order chi connectivity index (χ1) is 17.0. The van der Waals surface area contributed by atoms with Crippen molar-refractivity contribution in [3.05, 3.63) is 107 Å². The van der Waals surface area contributed by atoms with E-state index in [0.29, 0.717) is 12.2 Å².